The molecule has 1 saturated heterocycles. The zero-order valence-corrected chi connectivity index (χ0v) is 18.3. The quantitative estimate of drug-likeness (QED) is 0.568. The molecule has 7 heteroatoms. The zero-order valence-electron chi connectivity index (χ0n) is 18.3. The summed E-state index contributed by atoms with van der Waals surface area (Å²) in [4.78, 5) is 12.7. The van der Waals surface area contributed by atoms with E-state index in [4.69, 9.17) is 18.8 Å². The molecule has 4 atom stereocenters. The highest BCUT2D eigenvalue weighted by Crippen LogP contribution is 2.65. The fourth-order valence-electron chi connectivity index (χ4n) is 5.50. The lowest BCUT2D eigenvalue weighted by Crippen LogP contribution is -2.65. The van der Waals surface area contributed by atoms with E-state index >= 15 is 0 Å². The van der Waals surface area contributed by atoms with Gasteiger partial charge in [-0.15, -0.1) is 0 Å². The van der Waals surface area contributed by atoms with E-state index in [0.717, 1.165) is 12.8 Å². The Morgan fingerprint density at radius 1 is 1.24 bits per heavy atom. The van der Waals surface area contributed by atoms with Crippen LogP contribution >= 0.6 is 0 Å². The van der Waals surface area contributed by atoms with E-state index in [1.54, 1.807) is 26.8 Å². The van der Waals surface area contributed by atoms with Gasteiger partial charge in [-0.25, -0.2) is 9.18 Å². The Bertz CT molecular complexity index is 848. The summed E-state index contributed by atoms with van der Waals surface area (Å²) in [5.74, 6) is -0.317. The first-order valence-electron chi connectivity index (χ1n) is 10.3. The van der Waals surface area contributed by atoms with E-state index in [0.29, 0.717) is 17.3 Å². The summed E-state index contributed by atoms with van der Waals surface area (Å²) >= 11 is 0. The molecule has 4 aliphatic rings. The van der Waals surface area contributed by atoms with Crippen molar-refractivity contribution in [1.29, 1.82) is 0 Å². The van der Waals surface area contributed by atoms with Crippen LogP contribution in [-0.2, 0) is 14.0 Å². The molecule has 2 bridgehead atoms. The topological polar surface area (TPSA) is 54.0 Å². The fourth-order valence-corrected chi connectivity index (χ4v) is 5.50. The maximum atomic E-state index is 14.6. The molecule has 29 heavy (non-hydrogen) atoms. The normalized spacial score (nSPS) is 32.4. The fraction of sp³-hybridized carbons (Fsp3) is 0.682. The predicted octanol–water partition coefficient (Wildman–Crippen LogP) is 3.72. The van der Waals surface area contributed by atoms with Gasteiger partial charge in [0.2, 0.25) is 0 Å². The number of ether oxygens (including phenoxy) is 2. The van der Waals surface area contributed by atoms with Gasteiger partial charge in [0.1, 0.15) is 22.7 Å². The van der Waals surface area contributed by atoms with Crippen LogP contribution in [0.3, 0.4) is 0 Å². The first kappa shape index (κ1) is 20.7. The summed E-state index contributed by atoms with van der Waals surface area (Å²) in [6.45, 7) is 11.9. The van der Waals surface area contributed by atoms with Gasteiger partial charge in [-0.3, -0.25) is 0 Å². The van der Waals surface area contributed by atoms with Crippen molar-refractivity contribution in [2.24, 2.45) is 17.3 Å². The van der Waals surface area contributed by atoms with Crippen molar-refractivity contribution in [2.45, 2.75) is 71.7 Å². The van der Waals surface area contributed by atoms with E-state index in [9.17, 15) is 9.18 Å². The van der Waals surface area contributed by atoms with Crippen LogP contribution in [0.4, 0.5) is 4.39 Å². The third-order valence-corrected chi connectivity index (χ3v) is 7.15. The lowest BCUT2D eigenvalue weighted by atomic mass is 9.43. The van der Waals surface area contributed by atoms with Gasteiger partial charge in [-0.05, 0) is 63.9 Å². The van der Waals surface area contributed by atoms with Crippen molar-refractivity contribution < 1.29 is 28.0 Å². The third kappa shape index (κ3) is 3.08. The molecule has 0 radical (unpaired) electrons. The highest BCUT2D eigenvalue weighted by Gasteiger charge is 2.68. The van der Waals surface area contributed by atoms with E-state index in [1.807, 2.05) is 0 Å². The third-order valence-electron chi connectivity index (χ3n) is 7.15. The number of hydrogen-bond donors (Lipinski definition) is 0. The maximum absolute atomic E-state index is 14.6. The van der Waals surface area contributed by atoms with Crippen LogP contribution < -0.4 is 10.2 Å². The summed E-state index contributed by atoms with van der Waals surface area (Å²) in [7, 11) is 0.701. The van der Waals surface area contributed by atoms with Crippen LogP contribution in [0.25, 0.3) is 0 Å². The second-order valence-electron chi connectivity index (χ2n) is 10.3. The zero-order chi connectivity index (χ0) is 21.4. The van der Waals surface area contributed by atoms with Crippen LogP contribution in [-0.4, -0.2) is 37.5 Å². The minimum Gasteiger partial charge on any atom is -0.496 e. The molecule has 3 aliphatic carbocycles. The lowest BCUT2D eigenvalue weighted by Gasteiger charge is -2.64. The van der Waals surface area contributed by atoms with Crippen LogP contribution in [0.15, 0.2) is 12.1 Å². The van der Waals surface area contributed by atoms with Crippen LogP contribution in [0.5, 0.6) is 5.75 Å². The predicted molar refractivity (Wildman–Crippen MR) is 108 cm³/mol. The van der Waals surface area contributed by atoms with Crippen molar-refractivity contribution in [2.75, 3.05) is 7.11 Å². The highest BCUT2D eigenvalue weighted by molar-refractivity contribution is 6.63. The van der Waals surface area contributed by atoms with E-state index in [1.165, 1.54) is 13.2 Å². The average Bonchev–Trinajstić information content (AvgIpc) is 2.96. The Morgan fingerprint density at radius 3 is 2.52 bits per heavy atom. The lowest BCUT2D eigenvalue weighted by molar-refractivity contribution is -0.199. The molecule has 5 nitrogen and oxygen atoms in total. The standard InChI is InChI=1S/C22H30BFO5/c1-20(2,3)27-19(25)17-14(24)9-8-13(18(17)26-7)23-28-16-11-12-10-15(21(12,4)5)22(16,6)29-23/h8-9,12,15-16H,10-11H2,1-7H3. The van der Waals surface area contributed by atoms with Crippen molar-refractivity contribution in [3.05, 3.63) is 23.5 Å². The first-order valence-corrected chi connectivity index (χ1v) is 10.3. The van der Waals surface area contributed by atoms with Gasteiger partial charge in [0.25, 0.3) is 0 Å². The first-order chi connectivity index (χ1) is 13.4. The molecule has 1 aromatic rings. The van der Waals surface area contributed by atoms with Gasteiger partial charge in [0.05, 0.1) is 18.8 Å². The van der Waals surface area contributed by atoms with Gasteiger partial charge in [0, 0.05) is 5.46 Å². The van der Waals surface area contributed by atoms with Crippen LogP contribution in [0.2, 0.25) is 0 Å². The van der Waals surface area contributed by atoms with Crippen molar-refractivity contribution in [3.63, 3.8) is 0 Å². The molecule has 1 aromatic carbocycles. The molecule has 158 valence electrons. The van der Waals surface area contributed by atoms with Gasteiger partial charge in [-0.2, -0.15) is 0 Å². The van der Waals surface area contributed by atoms with Crippen molar-refractivity contribution in [3.8, 4) is 5.75 Å². The Balaban J connectivity index is 1.68. The van der Waals surface area contributed by atoms with Crippen LogP contribution in [0, 0.1) is 23.1 Å². The highest BCUT2D eigenvalue weighted by atomic mass is 19.1. The van der Waals surface area contributed by atoms with Crippen LogP contribution in [0.1, 0.15) is 64.7 Å². The molecule has 1 heterocycles. The smallest absolute Gasteiger partial charge is 0.496 e. The summed E-state index contributed by atoms with van der Waals surface area (Å²) in [5.41, 5.74) is -0.649. The Morgan fingerprint density at radius 2 is 1.93 bits per heavy atom. The average molecular weight is 404 g/mol. The minimum absolute atomic E-state index is 0.0241. The molecule has 0 amide bonds. The Kier molecular flexibility index (Phi) is 4.60. The van der Waals surface area contributed by atoms with Gasteiger partial charge in [-0.1, -0.05) is 19.9 Å². The second kappa shape index (κ2) is 6.45. The number of rotatable bonds is 3. The second-order valence-corrected chi connectivity index (χ2v) is 10.3. The summed E-state index contributed by atoms with van der Waals surface area (Å²) < 4.78 is 38.2. The Hall–Kier alpha value is -1.60. The minimum atomic E-state index is -0.765. The number of carbonyl (C=O) groups excluding carboxylic acids is 1. The SMILES string of the molecule is COc1c(B2OC3CC4CC(C4(C)C)C3(C)O2)ccc(F)c1C(=O)OC(C)(C)C. The molecule has 3 saturated carbocycles. The molecular weight excluding hydrogens is 374 g/mol. The van der Waals surface area contributed by atoms with E-state index in [2.05, 4.69) is 20.8 Å². The van der Waals surface area contributed by atoms with Gasteiger partial charge < -0.3 is 18.8 Å². The maximum Gasteiger partial charge on any atom is 0.498 e. The number of halogens is 1. The van der Waals surface area contributed by atoms with E-state index < -0.39 is 30.1 Å². The monoisotopic (exact) mass is 404 g/mol. The summed E-state index contributed by atoms with van der Waals surface area (Å²) in [6.07, 6.45) is 2.06. The van der Waals surface area contributed by atoms with Gasteiger partial charge in [0.15, 0.2) is 0 Å². The number of methoxy groups -OCH3 is 1. The number of esters is 1. The molecular formula is C22H30BFO5. The van der Waals surface area contributed by atoms with Crippen molar-refractivity contribution >= 4 is 18.6 Å². The van der Waals surface area contributed by atoms with Gasteiger partial charge >= 0.3 is 13.1 Å². The summed E-state index contributed by atoms with van der Waals surface area (Å²) in [6, 6.07) is 2.82. The Labute approximate surface area is 172 Å². The number of benzene rings is 1. The molecule has 0 N–H and O–H groups in total. The molecule has 0 spiro atoms. The molecule has 4 fully saturated rings. The largest absolute Gasteiger partial charge is 0.498 e. The molecule has 4 unspecified atom stereocenters. The van der Waals surface area contributed by atoms with E-state index in [-0.39, 0.29) is 22.8 Å². The molecule has 0 aromatic heterocycles. The molecule has 1 aliphatic heterocycles. The molecule has 5 rings (SSSR count). The summed E-state index contributed by atoms with van der Waals surface area (Å²) in [5, 5.41) is 0. The number of carbonyl (C=O) groups is 1. The number of hydrogen-bond acceptors (Lipinski definition) is 5. The van der Waals surface area contributed by atoms with Crippen molar-refractivity contribution in [1.82, 2.24) is 0 Å².